The van der Waals surface area contributed by atoms with E-state index in [1.54, 1.807) is 14.2 Å². The van der Waals surface area contributed by atoms with E-state index < -0.39 is 10.2 Å². The summed E-state index contributed by atoms with van der Waals surface area (Å²) < 4.78 is 33.1. The van der Waals surface area contributed by atoms with E-state index in [-0.39, 0.29) is 25.6 Å². The Hall–Kier alpha value is -0.680. The molecule has 7 heteroatoms. The van der Waals surface area contributed by atoms with Crippen molar-refractivity contribution in [1.29, 1.82) is 5.26 Å². The molecule has 0 bridgehead atoms. The zero-order valence-electron chi connectivity index (χ0n) is 12.4. The predicted molar refractivity (Wildman–Crippen MR) is 77.2 cm³/mol. The van der Waals surface area contributed by atoms with Crippen LogP contribution in [0.5, 0.6) is 0 Å². The van der Waals surface area contributed by atoms with Crippen molar-refractivity contribution >= 4 is 10.2 Å². The highest BCUT2D eigenvalue weighted by molar-refractivity contribution is 7.86. The first-order valence-electron chi connectivity index (χ1n) is 7.13. The van der Waals surface area contributed by atoms with Crippen molar-refractivity contribution in [3.8, 4) is 6.07 Å². The van der Waals surface area contributed by atoms with Crippen molar-refractivity contribution in [3.63, 3.8) is 0 Å². The molecule has 1 aliphatic rings. The van der Waals surface area contributed by atoms with E-state index in [0.717, 1.165) is 25.7 Å². The molecule has 0 spiro atoms. The van der Waals surface area contributed by atoms with Crippen LogP contribution < -0.4 is 0 Å². The highest BCUT2D eigenvalue weighted by Gasteiger charge is 2.32. The van der Waals surface area contributed by atoms with Gasteiger partial charge in [-0.05, 0) is 12.8 Å². The van der Waals surface area contributed by atoms with Gasteiger partial charge < -0.3 is 4.74 Å². The van der Waals surface area contributed by atoms with Gasteiger partial charge in [-0.2, -0.15) is 22.3 Å². The van der Waals surface area contributed by atoms with Gasteiger partial charge in [-0.3, -0.25) is 0 Å². The summed E-state index contributed by atoms with van der Waals surface area (Å²) in [6.07, 6.45) is 5.40. The maximum absolute atomic E-state index is 12.6. The van der Waals surface area contributed by atoms with Crippen LogP contribution in [0, 0.1) is 11.3 Å². The molecule has 0 amide bonds. The van der Waals surface area contributed by atoms with Gasteiger partial charge in [0.2, 0.25) is 0 Å². The van der Waals surface area contributed by atoms with Gasteiger partial charge in [0.25, 0.3) is 10.2 Å². The van der Waals surface area contributed by atoms with Crippen LogP contribution in [0.3, 0.4) is 0 Å². The number of methoxy groups -OCH3 is 1. The molecule has 1 fully saturated rings. The van der Waals surface area contributed by atoms with Crippen LogP contribution in [0.1, 0.15) is 38.5 Å². The lowest BCUT2D eigenvalue weighted by Crippen LogP contribution is -2.48. The molecular formula is C13H25N3O3S. The Morgan fingerprint density at radius 2 is 1.90 bits per heavy atom. The van der Waals surface area contributed by atoms with Crippen LogP contribution in [-0.4, -0.2) is 56.9 Å². The quantitative estimate of drug-likeness (QED) is 0.678. The first-order chi connectivity index (χ1) is 9.54. The molecule has 1 rings (SSSR count). The number of nitrogens with zero attached hydrogens (tertiary/aromatic N) is 3. The first-order valence-corrected chi connectivity index (χ1v) is 8.52. The monoisotopic (exact) mass is 303 g/mol. The number of ether oxygens (including phenoxy) is 1. The van der Waals surface area contributed by atoms with E-state index in [1.807, 2.05) is 6.07 Å². The van der Waals surface area contributed by atoms with Crippen molar-refractivity contribution in [2.75, 3.05) is 33.9 Å². The molecule has 0 aliphatic heterocycles. The maximum atomic E-state index is 12.6. The second kappa shape index (κ2) is 8.57. The molecule has 1 aliphatic carbocycles. The van der Waals surface area contributed by atoms with Gasteiger partial charge in [0.15, 0.2) is 0 Å². The largest absolute Gasteiger partial charge is 0.383 e. The average molecular weight is 303 g/mol. The van der Waals surface area contributed by atoms with Gasteiger partial charge in [0.05, 0.1) is 12.7 Å². The van der Waals surface area contributed by atoms with Gasteiger partial charge in [0.1, 0.15) is 0 Å². The summed E-state index contributed by atoms with van der Waals surface area (Å²) >= 11 is 0. The standard InChI is InChI=1S/C13H25N3O3S/c1-15(13-7-4-3-5-8-13)20(17,18)16(10-6-9-14)11-12-19-2/h13H,3-8,10-12H2,1-2H3. The molecule has 0 aromatic heterocycles. The van der Waals surface area contributed by atoms with Gasteiger partial charge in [-0.15, -0.1) is 0 Å². The van der Waals surface area contributed by atoms with Crippen LogP contribution in [0.15, 0.2) is 0 Å². The summed E-state index contributed by atoms with van der Waals surface area (Å²) in [4.78, 5) is 0. The third-order valence-electron chi connectivity index (χ3n) is 3.80. The molecule has 0 aromatic rings. The second-order valence-electron chi connectivity index (χ2n) is 5.12. The van der Waals surface area contributed by atoms with Gasteiger partial charge >= 0.3 is 0 Å². The first kappa shape index (κ1) is 17.4. The molecule has 20 heavy (non-hydrogen) atoms. The van der Waals surface area contributed by atoms with Crippen molar-refractivity contribution in [1.82, 2.24) is 8.61 Å². The van der Waals surface area contributed by atoms with Crippen LogP contribution in [-0.2, 0) is 14.9 Å². The fourth-order valence-corrected chi connectivity index (χ4v) is 4.10. The molecule has 6 nitrogen and oxygen atoms in total. The van der Waals surface area contributed by atoms with Crippen LogP contribution in [0.4, 0.5) is 0 Å². The van der Waals surface area contributed by atoms with E-state index in [0.29, 0.717) is 6.61 Å². The minimum atomic E-state index is -3.51. The smallest absolute Gasteiger partial charge is 0.282 e. The molecule has 0 aromatic carbocycles. The molecule has 0 N–H and O–H groups in total. The van der Waals surface area contributed by atoms with Crippen LogP contribution >= 0.6 is 0 Å². The van der Waals surface area contributed by atoms with E-state index in [1.165, 1.54) is 15.0 Å². The lowest BCUT2D eigenvalue weighted by Gasteiger charge is -2.34. The van der Waals surface area contributed by atoms with Crippen LogP contribution in [0.25, 0.3) is 0 Å². The fraction of sp³-hybridized carbons (Fsp3) is 0.923. The minimum absolute atomic E-state index is 0.0841. The van der Waals surface area contributed by atoms with Crippen LogP contribution in [0.2, 0.25) is 0 Å². The summed E-state index contributed by atoms with van der Waals surface area (Å²) in [5.41, 5.74) is 0. The third kappa shape index (κ3) is 4.70. The summed E-state index contributed by atoms with van der Waals surface area (Å²) in [5.74, 6) is 0. The minimum Gasteiger partial charge on any atom is -0.383 e. The molecule has 0 radical (unpaired) electrons. The van der Waals surface area contributed by atoms with Gasteiger partial charge in [0, 0.05) is 39.7 Å². The Labute approximate surface area is 122 Å². The van der Waals surface area contributed by atoms with Crippen molar-refractivity contribution in [2.45, 2.75) is 44.6 Å². The maximum Gasteiger partial charge on any atom is 0.282 e. The average Bonchev–Trinajstić information content (AvgIpc) is 2.47. The van der Waals surface area contributed by atoms with E-state index in [9.17, 15) is 8.42 Å². The topological polar surface area (TPSA) is 73.6 Å². The summed E-state index contributed by atoms with van der Waals surface area (Å²) in [5, 5.41) is 8.68. The SMILES string of the molecule is COCCN(CCC#N)S(=O)(=O)N(C)C1CCCCC1. The molecule has 116 valence electrons. The summed E-state index contributed by atoms with van der Waals surface area (Å²) in [7, 11) is -0.318. The Morgan fingerprint density at radius 1 is 1.25 bits per heavy atom. The van der Waals surface area contributed by atoms with Gasteiger partial charge in [-0.25, -0.2) is 0 Å². The zero-order valence-corrected chi connectivity index (χ0v) is 13.2. The van der Waals surface area contributed by atoms with Crippen molar-refractivity contribution in [3.05, 3.63) is 0 Å². The third-order valence-corrected chi connectivity index (χ3v) is 5.84. The van der Waals surface area contributed by atoms with E-state index in [4.69, 9.17) is 10.00 Å². The Kier molecular flexibility index (Phi) is 7.45. The number of rotatable bonds is 8. The Balaban J connectivity index is 2.75. The molecular weight excluding hydrogens is 278 g/mol. The van der Waals surface area contributed by atoms with E-state index >= 15 is 0 Å². The fourth-order valence-electron chi connectivity index (χ4n) is 2.53. The summed E-state index contributed by atoms with van der Waals surface area (Å²) in [6, 6.07) is 2.08. The van der Waals surface area contributed by atoms with Crippen molar-refractivity contribution in [2.24, 2.45) is 0 Å². The molecule has 0 atom stereocenters. The van der Waals surface area contributed by atoms with Crippen molar-refractivity contribution < 1.29 is 13.2 Å². The lowest BCUT2D eigenvalue weighted by atomic mass is 9.96. The number of hydrogen-bond donors (Lipinski definition) is 0. The number of nitriles is 1. The lowest BCUT2D eigenvalue weighted by molar-refractivity contribution is 0.174. The summed E-state index contributed by atoms with van der Waals surface area (Å²) in [6.45, 7) is 0.847. The van der Waals surface area contributed by atoms with Gasteiger partial charge in [-0.1, -0.05) is 19.3 Å². The molecule has 0 unspecified atom stereocenters. The second-order valence-corrected chi connectivity index (χ2v) is 7.10. The normalized spacial score (nSPS) is 17.6. The highest BCUT2D eigenvalue weighted by atomic mass is 32.2. The molecule has 0 heterocycles. The molecule has 1 saturated carbocycles. The molecule has 0 saturated heterocycles. The van der Waals surface area contributed by atoms with E-state index in [2.05, 4.69) is 0 Å². The Bertz CT molecular complexity index is 413. The predicted octanol–water partition coefficient (Wildman–Crippen LogP) is 1.36. The highest BCUT2D eigenvalue weighted by Crippen LogP contribution is 2.24. The zero-order chi connectivity index (χ0) is 15.0. The Morgan fingerprint density at radius 3 is 2.45 bits per heavy atom. The number of hydrogen-bond acceptors (Lipinski definition) is 4.